The van der Waals surface area contributed by atoms with Gasteiger partial charge in [0.25, 0.3) is 5.91 Å². The molecule has 0 heterocycles. The van der Waals surface area contributed by atoms with Crippen molar-refractivity contribution in [2.24, 2.45) is 0 Å². The van der Waals surface area contributed by atoms with Crippen molar-refractivity contribution in [3.8, 4) is 0 Å². The third kappa shape index (κ3) is 4.33. The van der Waals surface area contributed by atoms with Crippen LogP contribution in [0.4, 0.5) is 4.39 Å². The Morgan fingerprint density at radius 2 is 2.00 bits per heavy atom. The number of aliphatic carboxylic acids is 1. The van der Waals surface area contributed by atoms with Crippen molar-refractivity contribution in [3.63, 3.8) is 0 Å². The van der Waals surface area contributed by atoms with Gasteiger partial charge >= 0.3 is 5.97 Å². The molecule has 0 aromatic heterocycles. The highest BCUT2D eigenvalue weighted by Crippen LogP contribution is 2.15. The average molecular weight is 281 g/mol. The molecule has 1 aromatic carbocycles. The Bertz CT molecular complexity index is 500. The van der Waals surface area contributed by atoms with Gasteiger partial charge in [0.1, 0.15) is 5.82 Å². The van der Waals surface area contributed by atoms with Crippen molar-refractivity contribution in [1.29, 1.82) is 0 Å². The molecule has 0 fully saturated rings. The molecule has 0 saturated heterocycles. The number of carbonyl (C=O) groups is 2. The molecule has 0 aliphatic heterocycles. The molecule has 0 bridgehead atoms. The Labute approximate surface area is 118 Å². The number of amides is 1. The van der Waals surface area contributed by atoms with Crippen molar-refractivity contribution in [2.45, 2.75) is 39.7 Å². The minimum atomic E-state index is -0.886. The summed E-state index contributed by atoms with van der Waals surface area (Å²) < 4.78 is 13.3. The van der Waals surface area contributed by atoms with Crippen molar-refractivity contribution in [1.82, 2.24) is 4.90 Å². The van der Waals surface area contributed by atoms with E-state index in [1.165, 1.54) is 12.1 Å². The normalized spacial score (nSPS) is 10.7. The molecule has 1 N–H and O–H groups in total. The van der Waals surface area contributed by atoms with Gasteiger partial charge < -0.3 is 10.0 Å². The SMILES string of the molecule is Cc1ccc(F)cc1C(=O)N(CCCC(=O)O)C(C)C. The summed E-state index contributed by atoms with van der Waals surface area (Å²) in [6, 6.07) is 4.04. The number of aryl methyl sites for hydroxylation is 1. The van der Waals surface area contributed by atoms with Crippen LogP contribution < -0.4 is 0 Å². The lowest BCUT2D eigenvalue weighted by Crippen LogP contribution is -2.38. The van der Waals surface area contributed by atoms with Crippen molar-refractivity contribution < 1.29 is 19.1 Å². The van der Waals surface area contributed by atoms with Gasteiger partial charge in [-0.1, -0.05) is 6.07 Å². The smallest absolute Gasteiger partial charge is 0.303 e. The zero-order valence-electron chi connectivity index (χ0n) is 12.0. The van der Waals surface area contributed by atoms with Gasteiger partial charge in [-0.3, -0.25) is 9.59 Å². The van der Waals surface area contributed by atoms with Crippen LogP contribution in [-0.4, -0.2) is 34.5 Å². The molecule has 0 aliphatic carbocycles. The maximum Gasteiger partial charge on any atom is 0.303 e. The molecule has 5 heteroatoms. The summed E-state index contributed by atoms with van der Waals surface area (Å²) in [6.07, 6.45) is 0.395. The van der Waals surface area contributed by atoms with Crippen LogP contribution in [0.3, 0.4) is 0 Å². The van der Waals surface area contributed by atoms with Crippen LogP contribution in [0.15, 0.2) is 18.2 Å². The van der Waals surface area contributed by atoms with Crippen molar-refractivity contribution >= 4 is 11.9 Å². The standard InChI is InChI=1S/C15H20FNO3/c1-10(2)17(8-4-5-14(18)19)15(20)13-9-12(16)7-6-11(13)3/h6-7,9-10H,4-5,8H2,1-3H3,(H,18,19). The molecule has 1 amide bonds. The van der Waals surface area contributed by atoms with Gasteiger partial charge in [-0.2, -0.15) is 0 Å². The monoisotopic (exact) mass is 281 g/mol. The Morgan fingerprint density at radius 1 is 1.35 bits per heavy atom. The Kier molecular flexibility index (Phi) is 5.67. The van der Waals surface area contributed by atoms with Crippen molar-refractivity contribution in [2.75, 3.05) is 6.54 Å². The lowest BCUT2D eigenvalue weighted by molar-refractivity contribution is -0.137. The minimum Gasteiger partial charge on any atom is -0.481 e. The van der Waals surface area contributed by atoms with Crippen LogP contribution in [0.1, 0.15) is 42.6 Å². The first-order valence-corrected chi connectivity index (χ1v) is 6.62. The maximum atomic E-state index is 13.3. The number of carbonyl (C=O) groups excluding carboxylic acids is 1. The van der Waals surface area contributed by atoms with Crippen molar-refractivity contribution in [3.05, 3.63) is 35.1 Å². The number of nitrogens with zero attached hydrogens (tertiary/aromatic N) is 1. The number of carboxylic acids is 1. The van der Waals surface area contributed by atoms with E-state index in [-0.39, 0.29) is 18.4 Å². The highest BCUT2D eigenvalue weighted by molar-refractivity contribution is 5.95. The molecule has 20 heavy (non-hydrogen) atoms. The number of rotatable bonds is 6. The first-order valence-electron chi connectivity index (χ1n) is 6.62. The highest BCUT2D eigenvalue weighted by atomic mass is 19.1. The van der Waals surface area contributed by atoms with Crippen LogP contribution >= 0.6 is 0 Å². The molecule has 0 atom stereocenters. The molecule has 0 spiro atoms. The summed E-state index contributed by atoms with van der Waals surface area (Å²) >= 11 is 0. The predicted molar refractivity (Wildman–Crippen MR) is 74.2 cm³/mol. The number of hydrogen-bond donors (Lipinski definition) is 1. The second-order valence-electron chi connectivity index (χ2n) is 5.05. The number of carboxylic acid groups (broad SMARTS) is 1. The molecule has 1 aromatic rings. The fraction of sp³-hybridized carbons (Fsp3) is 0.467. The molecule has 0 saturated carbocycles. The summed E-state index contributed by atoms with van der Waals surface area (Å²) in [7, 11) is 0. The van der Waals surface area contributed by atoms with E-state index in [1.807, 2.05) is 13.8 Å². The van der Waals surface area contributed by atoms with E-state index in [0.29, 0.717) is 24.1 Å². The number of halogens is 1. The van der Waals surface area contributed by atoms with E-state index in [9.17, 15) is 14.0 Å². The molecular formula is C15H20FNO3. The minimum absolute atomic E-state index is 0.0125. The predicted octanol–water partition coefficient (Wildman–Crippen LogP) is 2.85. The first kappa shape index (κ1) is 16.1. The fourth-order valence-electron chi connectivity index (χ4n) is 1.97. The van der Waals surface area contributed by atoms with Gasteiger partial charge in [-0.05, 0) is 44.9 Å². The van der Waals surface area contributed by atoms with E-state index < -0.39 is 11.8 Å². The van der Waals surface area contributed by atoms with Crippen LogP contribution in [-0.2, 0) is 4.79 Å². The summed E-state index contributed by atoms with van der Waals surface area (Å²) in [6.45, 7) is 5.81. The molecule has 0 unspecified atom stereocenters. The van der Waals surface area contributed by atoms with Gasteiger partial charge in [-0.15, -0.1) is 0 Å². The van der Waals surface area contributed by atoms with Crippen LogP contribution in [0.5, 0.6) is 0 Å². The molecule has 110 valence electrons. The van der Waals surface area contributed by atoms with Gasteiger partial charge in [0.05, 0.1) is 0 Å². The Hall–Kier alpha value is -1.91. The molecule has 0 aliphatic rings. The Balaban J connectivity index is 2.88. The van der Waals surface area contributed by atoms with E-state index >= 15 is 0 Å². The number of hydrogen-bond acceptors (Lipinski definition) is 2. The number of benzene rings is 1. The quantitative estimate of drug-likeness (QED) is 0.872. The summed E-state index contributed by atoms with van der Waals surface area (Å²) in [5.41, 5.74) is 1.04. The third-order valence-electron chi connectivity index (χ3n) is 3.10. The van der Waals surface area contributed by atoms with Crippen LogP contribution in [0.2, 0.25) is 0 Å². The van der Waals surface area contributed by atoms with Crippen LogP contribution in [0.25, 0.3) is 0 Å². The van der Waals surface area contributed by atoms with Crippen LogP contribution in [0, 0.1) is 12.7 Å². The zero-order chi connectivity index (χ0) is 15.3. The van der Waals surface area contributed by atoms with E-state index in [4.69, 9.17) is 5.11 Å². The highest BCUT2D eigenvalue weighted by Gasteiger charge is 2.20. The lowest BCUT2D eigenvalue weighted by atomic mass is 10.1. The van der Waals surface area contributed by atoms with Gasteiger partial charge in [0, 0.05) is 24.6 Å². The summed E-state index contributed by atoms with van der Waals surface area (Å²) in [5, 5.41) is 8.65. The first-order chi connectivity index (χ1) is 9.32. The molecule has 4 nitrogen and oxygen atoms in total. The topological polar surface area (TPSA) is 57.6 Å². The largest absolute Gasteiger partial charge is 0.481 e. The molecular weight excluding hydrogens is 261 g/mol. The summed E-state index contributed by atoms with van der Waals surface area (Å²) in [4.78, 5) is 24.6. The molecule has 1 rings (SSSR count). The second kappa shape index (κ2) is 7.03. The zero-order valence-corrected chi connectivity index (χ0v) is 12.0. The maximum absolute atomic E-state index is 13.3. The average Bonchev–Trinajstić information content (AvgIpc) is 2.36. The van der Waals surface area contributed by atoms with E-state index in [0.717, 1.165) is 0 Å². The lowest BCUT2D eigenvalue weighted by Gasteiger charge is -2.27. The summed E-state index contributed by atoms with van der Waals surface area (Å²) in [5.74, 6) is -1.60. The molecule has 0 radical (unpaired) electrons. The van der Waals surface area contributed by atoms with E-state index in [2.05, 4.69) is 0 Å². The fourth-order valence-corrected chi connectivity index (χ4v) is 1.97. The van der Waals surface area contributed by atoms with Gasteiger partial charge in [-0.25, -0.2) is 4.39 Å². The van der Waals surface area contributed by atoms with Gasteiger partial charge in [0.2, 0.25) is 0 Å². The van der Waals surface area contributed by atoms with Gasteiger partial charge in [0.15, 0.2) is 0 Å². The Morgan fingerprint density at radius 3 is 2.55 bits per heavy atom. The third-order valence-corrected chi connectivity index (χ3v) is 3.10. The van der Waals surface area contributed by atoms with E-state index in [1.54, 1.807) is 17.9 Å². The second-order valence-corrected chi connectivity index (χ2v) is 5.05.